The van der Waals surface area contributed by atoms with Crippen molar-refractivity contribution >= 4 is 29.1 Å². The van der Waals surface area contributed by atoms with Gasteiger partial charge in [0.25, 0.3) is 11.4 Å². The van der Waals surface area contributed by atoms with Gasteiger partial charge in [0.05, 0.1) is 32.9 Å². The second-order valence-electron chi connectivity index (χ2n) is 7.93. The Bertz CT molecular complexity index is 1580. The highest BCUT2D eigenvalue weighted by Gasteiger charge is 2.23. The highest BCUT2D eigenvalue weighted by atomic mass is 16.6. The van der Waals surface area contributed by atoms with E-state index in [1.807, 2.05) is 6.07 Å². The molecule has 194 valence electrons. The summed E-state index contributed by atoms with van der Waals surface area (Å²) < 4.78 is 0. The average molecular weight is 526 g/mol. The van der Waals surface area contributed by atoms with Gasteiger partial charge in [0.15, 0.2) is 0 Å². The summed E-state index contributed by atoms with van der Waals surface area (Å²) in [7, 11) is 0. The Balaban J connectivity index is 1.67. The van der Waals surface area contributed by atoms with Gasteiger partial charge in [-0.3, -0.25) is 20.2 Å². The van der Waals surface area contributed by atoms with Crippen molar-refractivity contribution in [2.75, 3.05) is 23.7 Å². The Hall–Kier alpha value is -5.97. The van der Waals surface area contributed by atoms with Gasteiger partial charge in [0.2, 0.25) is 5.95 Å². The topological polar surface area (TPSA) is 210 Å². The van der Waals surface area contributed by atoms with E-state index in [0.717, 1.165) is 6.20 Å². The fourth-order valence-corrected chi connectivity index (χ4v) is 3.57. The van der Waals surface area contributed by atoms with Crippen LogP contribution in [0.3, 0.4) is 0 Å². The number of aromatic nitrogens is 3. The molecule has 3 N–H and O–H groups in total. The van der Waals surface area contributed by atoms with Crippen LogP contribution in [0.2, 0.25) is 0 Å². The number of carboxylic acid groups (broad SMARTS) is 1. The third kappa shape index (κ3) is 6.06. The number of nitro groups is 2. The van der Waals surface area contributed by atoms with Gasteiger partial charge >= 0.3 is 5.97 Å². The molecule has 39 heavy (non-hydrogen) atoms. The summed E-state index contributed by atoms with van der Waals surface area (Å²) in [5, 5.41) is 47.0. The van der Waals surface area contributed by atoms with E-state index < -0.39 is 15.8 Å². The van der Waals surface area contributed by atoms with Crippen LogP contribution >= 0.6 is 0 Å². The fourth-order valence-electron chi connectivity index (χ4n) is 3.57. The number of carbonyl (C=O) groups is 1. The molecule has 4 aromatic rings. The highest BCUT2D eigenvalue weighted by Crippen LogP contribution is 2.32. The summed E-state index contributed by atoms with van der Waals surface area (Å²) in [5.74, 6) is -0.805. The zero-order chi connectivity index (χ0) is 27.9. The second kappa shape index (κ2) is 11.4. The van der Waals surface area contributed by atoms with Crippen molar-refractivity contribution in [2.45, 2.75) is 0 Å². The molecule has 0 atom stereocenters. The molecule has 0 aliphatic heterocycles. The number of pyridine rings is 1. The third-order valence-corrected chi connectivity index (χ3v) is 5.43. The number of nitriles is 1. The Morgan fingerprint density at radius 2 is 1.38 bits per heavy atom. The van der Waals surface area contributed by atoms with Gasteiger partial charge in [-0.25, -0.2) is 19.7 Å². The average Bonchev–Trinajstić information content (AvgIpc) is 2.95. The molecule has 2 aromatic heterocycles. The van der Waals surface area contributed by atoms with Crippen molar-refractivity contribution in [3.63, 3.8) is 0 Å². The smallest absolute Gasteiger partial charge is 0.340 e. The van der Waals surface area contributed by atoms with Gasteiger partial charge < -0.3 is 15.7 Å². The number of nitrogens with zero attached hydrogens (tertiary/aromatic N) is 6. The third-order valence-electron chi connectivity index (χ3n) is 5.43. The predicted octanol–water partition coefficient (Wildman–Crippen LogP) is 4.12. The van der Waals surface area contributed by atoms with Crippen LogP contribution in [0.5, 0.6) is 0 Å². The van der Waals surface area contributed by atoms with Gasteiger partial charge in [-0.15, -0.1) is 0 Å². The molecule has 0 saturated heterocycles. The number of hydrogen-bond donors (Lipinski definition) is 3. The first-order valence-electron chi connectivity index (χ1n) is 11.3. The maximum absolute atomic E-state index is 12.4. The van der Waals surface area contributed by atoms with Crippen LogP contribution in [0.15, 0.2) is 66.9 Å². The van der Waals surface area contributed by atoms with Crippen LogP contribution in [-0.4, -0.2) is 49.0 Å². The molecule has 2 aromatic carbocycles. The summed E-state index contributed by atoms with van der Waals surface area (Å²) in [6.07, 6.45) is 1.13. The summed E-state index contributed by atoms with van der Waals surface area (Å²) in [5.41, 5.74) is 0.736. The van der Waals surface area contributed by atoms with Crippen LogP contribution in [0.4, 0.5) is 23.1 Å². The number of nitrogens with one attached hydrogen (secondary N) is 2. The summed E-state index contributed by atoms with van der Waals surface area (Å²) in [4.78, 5) is 45.9. The minimum absolute atomic E-state index is 0.0410. The van der Waals surface area contributed by atoms with E-state index in [-0.39, 0.29) is 40.8 Å². The second-order valence-corrected chi connectivity index (χ2v) is 7.93. The van der Waals surface area contributed by atoms with Gasteiger partial charge in [0, 0.05) is 42.4 Å². The van der Waals surface area contributed by atoms with Crippen molar-refractivity contribution in [1.82, 2.24) is 15.0 Å². The lowest BCUT2D eigenvalue weighted by molar-refractivity contribution is -0.385. The number of non-ortho nitro benzene ring substituents is 1. The molecule has 0 unspecified atom stereocenters. The van der Waals surface area contributed by atoms with Gasteiger partial charge in [-0.1, -0.05) is 12.1 Å². The zero-order valence-corrected chi connectivity index (χ0v) is 19.9. The molecule has 2 heterocycles. The van der Waals surface area contributed by atoms with Crippen LogP contribution in [-0.2, 0) is 0 Å². The van der Waals surface area contributed by atoms with Crippen molar-refractivity contribution in [2.24, 2.45) is 0 Å². The highest BCUT2D eigenvalue weighted by molar-refractivity contribution is 6.01. The monoisotopic (exact) mass is 526 g/mol. The number of aromatic carboxylic acids is 1. The number of benzene rings is 2. The lowest BCUT2D eigenvalue weighted by Crippen LogP contribution is -2.17. The Morgan fingerprint density at radius 1 is 0.846 bits per heavy atom. The van der Waals surface area contributed by atoms with E-state index in [9.17, 15) is 30.1 Å². The summed E-state index contributed by atoms with van der Waals surface area (Å²) in [6, 6.07) is 16.3. The molecule has 4 rings (SSSR count). The summed E-state index contributed by atoms with van der Waals surface area (Å²) in [6.45, 7) is 0.575. The van der Waals surface area contributed by atoms with Crippen molar-refractivity contribution in [3.8, 4) is 28.6 Å². The predicted molar refractivity (Wildman–Crippen MR) is 139 cm³/mol. The first kappa shape index (κ1) is 26.1. The molecular formula is C25H18N8O6. The quantitative estimate of drug-likeness (QED) is 0.151. The first-order chi connectivity index (χ1) is 18.8. The molecule has 0 fully saturated rings. The SMILES string of the molecule is N#Cc1ccc(-c2nc(NCCNc3ccc([N+](=O)[O-])cn3)nc(-c3ccc([N+](=O)[O-])cc3)c2C(=O)O)cc1. The fraction of sp³-hybridized carbons (Fsp3) is 0.0800. The molecule has 0 saturated carbocycles. The number of hydrogen-bond acceptors (Lipinski definition) is 11. The van der Waals surface area contributed by atoms with E-state index in [1.165, 1.54) is 48.5 Å². The maximum Gasteiger partial charge on any atom is 0.340 e. The van der Waals surface area contributed by atoms with Crippen molar-refractivity contribution in [1.29, 1.82) is 5.26 Å². The maximum atomic E-state index is 12.4. The Labute approximate surface area is 219 Å². The zero-order valence-electron chi connectivity index (χ0n) is 19.9. The molecular weight excluding hydrogens is 508 g/mol. The molecule has 0 bridgehead atoms. The molecule has 0 aliphatic rings. The summed E-state index contributed by atoms with van der Waals surface area (Å²) >= 11 is 0. The van der Waals surface area contributed by atoms with Crippen LogP contribution in [0.25, 0.3) is 22.5 Å². The lowest BCUT2D eigenvalue weighted by Gasteiger charge is -2.14. The molecule has 0 spiro atoms. The number of rotatable bonds is 10. The molecule has 0 amide bonds. The van der Waals surface area contributed by atoms with Crippen LogP contribution in [0, 0.1) is 31.6 Å². The van der Waals surface area contributed by atoms with E-state index in [1.54, 1.807) is 12.1 Å². The van der Waals surface area contributed by atoms with Crippen molar-refractivity contribution in [3.05, 3.63) is 98.2 Å². The van der Waals surface area contributed by atoms with Gasteiger partial charge in [0.1, 0.15) is 17.6 Å². The molecule has 0 radical (unpaired) electrons. The minimum Gasteiger partial charge on any atom is -0.478 e. The first-order valence-corrected chi connectivity index (χ1v) is 11.3. The Morgan fingerprint density at radius 3 is 1.87 bits per heavy atom. The van der Waals surface area contributed by atoms with Crippen LogP contribution in [0.1, 0.15) is 15.9 Å². The van der Waals surface area contributed by atoms with E-state index >= 15 is 0 Å². The van der Waals surface area contributed by atoms with E-state index in [2.05, 4.69) is 25.6 Å². The normalized spacial score (nSPS) is 10.3. The number of anilines is 2. The lowest BCUT2D eigenvalue weighted by atomic mass is 9.99. The standard InChI is InChI=1S/C25H18N8O6/c26-13-15-1-3-16(4-2-15)22-21(24(34)35)23(17-5-7-18(8-6-17)32(36)37)31-25(30-22)28-12-11-27-20-10-9-19(14-29-20)33(38)39/h1-10,14H,11-12H2,(H,27,29)(H,34,35)(H,28,30,31). The molecule has 14 heteroatoms. The van der Waals surface area contributed by atoms with Crippen LogP contribution < -0.4 is 10.6 Å². The largest absolute Gasteiger partial charge is 0.478 e. The van der Waals surface area contributed by atoms with Gasteiger partial charge in [-0.2, -0.15) is 5.26 Å². The van der Waals surface area contributed by atoms with E-state index in [0.29, 0.717) is 29.1 Å². The van der Waals surface area contributed by atoms with E-state index in [4.69, 9.17) is 5.26 Å². The minimum atomic E-state index is -1.31. The van der Waals surface area contributed by atoms with Gasteiger partial charge in [-0.05, 0) is 30.3 Å². The molecule has 0 aliphatic carbocycles. The Kier molecular flexibility index (Phi) is 7.63. The number of carboxylic acids is 1. The number of nitro benzene ring substituents is 1. The molecule has 14 nitrogen and oxygen atoms in total. The van der Waals surface area contributed by atoms with Crippen molar-refractivity contribution < 1.29 is 19.7 Å².